The maximum Gasteiger partial charge on any atom is 0.120 e. The van der Waals surface area contributed by atoms with Crippen LogP contribution in [0.1, 0.15) is 88.2 Å². The monoisotopic (exact) mass is 377 g/mol. The van der Waals surface area contributed by atoms with Gasteiger partial charge in [0.25, 0.3) is 0 Å². The van der Waals surface area contributed by atoms with E-state index in [1.54, 1.807) is 0 Å². The number of aryl methyl sites for hydroxylation is 1. The summed E-state index contributed by atoms with van der Waals surface area (Å²) in [6.45, 7) is 2.25. The van der Waals surface area contributed by atoms with Crippen LogP contribution in [-0.4, -0.2) is 11.3 Å². The first-order chi connectivity index (χ1) is 13.8. The van der Waals surface area contributed by atoms with E-state index in [4.69, 9.17) is 4.98 Å². The number of unbranched alkanes of at least 4 members (excludes halogenated alkanes) is 3. The normalized spacial score (nSPS) is 19.5. The van der Waals surface area contributed by atoms with Crippen LogP contribution in [-0.2, 0) is 11.2 Å². The average Bonchev–Trinajstić information content (AvgIpc) is 2.76. The average molecular weight is 378 g/mol. The number of rotatable bonds is 10. The number of hydrogen-bond donors (Lipinski definition) is 0. The molecule has 0 aliphatic heterocycles. The Kier molecular flexibility index (Phi) is 8.26. The minimum absolute atomic E-state index is 0.681. The highest BCUT2D eigenvalue weighted by atomic mass is 16.1. The van der Waals surface area contributed by atoms with Gasteiger partial charge in [-0.3, -0.25) is 4.98 Å². The number of hydrogen-bond acceptors (Lipinski definition) is 2. The molecule has 0 atom stereocenters. The standard InChI is InChI=1S/C26H35NO/c1-2-3-4-5-7-22-11-18-26(27-20-22)25-16-14-24(15-17-25)23-12-9-21(10-13-23)8-6-19-28/h11,14-21,23H,2-10,12-13H2,1H3. The maximum absolute atomic E-state index is 10.6. The molecule has 0 bridgehead atoms. The highest BCUT2D eigenvalue weighted by Crippen LogP contribution is 2.37. The first-order valence-corrected chi connectivity index (χ1v) is 11.3. The first-order valence-electron chi connectivity index (χ1n) is 11.3. The van der Waals surface area contributed by atoms with Gasteiger partial charge in [-0.1, -0.05) is 56.5 Å². The summed E-state index contributed by atoms with van der Waals surface area (Å²) in [7, 11) is 0. The van der Waals surface area contributed by atoms with Gasteiger partial charge in [-0.2, -0.15) is 0 Å². The summed E-state index contributed by atoms with van der Waals surface area (Å²) in [5.74, 6) is 1.44. The van der Waals surface area contributed by atoms with Gasteiger partial charge in [-0.15, -0.1) is 0 Å². The van der Waals surface area contributed by atoms with Gasteiger partial charge in [0.05, 0.1) is 5.69 Å². The first kappa shape index (κ1) is 20.8. The molecular weight excluding hydrogens is 342 g/mol. The topological polar surface area (TPSA) is 30.0 Å². The molecule has 0 radical (unpaired) electrons. The molecule has 1 aromatic carbocycles. The van der Waals surface area contributed by atoms with Gasteiger partial charge in [0.15, 0.2) is 0 Å². The van der Waals surface area contributed by atoms with Crippen LogP contribution < -0.4 is 0 Å². The lowest BCUT2D eigenvalue weighted by Gasteiger charge is -2.28. The molecule has 1 aliphatic rings. The summed E-state index contributed by atoms with van der Waals surface area (Å²) >= 11 is 0. The largest absolute Gasteiger partial charge is 0.303 e. The second-order valence-corrected chi connectivity index (χ2v) is 8.45. The van der Waals surface area contributed by atoms with Crippen molar-refractivity contribution in [1.82, 2.24) is 4.98 Å². The summed E-state index contributed by atoms with van der Waals surface area (Å²) in [4.78, 5) is 15.3. The zero-order valence-corrected chi connectivity index (χ0v) is 17.4. The van der Waals surface area contributed by atoms with E-state index in [2.05, 4.69) is 49.5 Å². The van der Waals surface area contributed by atoms with Crippen LogP contribution in [0.15, 0.2) is 42.6 Å². The lowest BCUT2D eigenvalue weighted by atomic mass is 9.77. The van der Waals surface area contributed by atoms with Gasteiger partial charge in [0, 0.05) is 18.2 Å². The number of pyridine rings is 1. The molecule has 2 aromatic rings. The molecule has 3 rings (SSSR count). The Bertz CT molecular complexity index is 696. The zero-order valence-electron chi connectivity index (χ0n) is 17.4. The van der Waals surface area contributed by atoms with Crippen molar-refractivity contribution in [3.63, 3.8) is 0 Å². The minimum Gasteiger partial charge on any atom is -0.303 e. The highest BCUT2D eigenvalue weighted by molar-refractivity contribution is 5.59. The molecule has 1 heterocycles. The van der Waals surface area contributed by atoms with Gasteiger partial charge in [-0.25, -0.2) is 0 Å². The van der Waals surface area contributed by atoms with Crippen molar-refractivity contribution >= 4 is 6.29 Å². The van der Waals surface area contributed by atoms with Crippen LogP contribution >= 0.6 is 0 Å². The Morgan fingerprint density at radius 3 is 2.39 bits per heavy atom. The Labute approximate surface area is 170 Å². The number of carbonyl (C=O) groups excluding carboxylic acids is 1. The van der Waals surface area contributed by atoms with Gasteiger partial charge < -0.3 is 4.79 Å². The van der Waals surface area contributed by atoms with Crippen LogP contribution in [0.25, 0.3) is 11.3 Å². The number of nitrogens with zero attached hydrogens (tertiary/aromatic N) is 1. The highest BCUT2D eigenvalue weighted by Gasteiger charge is 2.22. The van der Waals surface area contributed by atoms with Crippen LogP contribution in [0, 0.1) is 5.92 Å². The molecule has 0 N–H and O–H groups in total. The molecule has 0 saturated heterocycles. The van der Waals surface area contributed by atoms with E-state index in [1.165, 1.54) is 68.1 Å². The van der Waals surface area contributed by atoms with Crippen molar-refractivity contribution in [2.24, 2.45) is 5.92 Å². The lowest BCUT2D eigenvalue weighted by molar-refractivity contribution is -0.108. The smallest absolute Gasteiger partial charge is 0.120 e. The van der Waals surface area contributed by atoms with Gasteiger partial charge >= 0.3 is 0 Å². The van der Waals surface area contributed by atoms with Crippen molar-refractivity contribution in [3.8, 4) is 11.3 Å². The van der Waals surface area contributed by atoms with Crippen LogP contribution in [0.3, 0.4) is 0 Å². The van der Waals surface area contributed by atoms with Crippen LogP contribution in [0.2, 0.25) is 0 Å². The third-order valence-corrected chi connectivity index (χ3v) is 6.36. The van der Waals surface area contributed by atoms with Crippen molar-refractivity contribution in [1.29, 1.82) is 0 Å². The van der Waals surface area contributed by atoms with E-state index in [0.29, 0.717) is 5.92 Å². The quantitative estimate of drug-likeness (QED) is 0.326. The van der Waals surface area contributed by atoms with E-state index >= 15 is 0 Å². The van der Waals surface area contributed by atoms with Crippen LogP contribution in [0.4, 0.5) is 0 Å². The van der Waals surface area contributed by atoms with Crippen molar-refractivity contribution in [3.05, 3.63) is 53.7 Å². The number of benzene rings is 1. The number of aromatic nitrogens is 1. The molecule has 28 heavy (non-hydrogen) atoms. The third-order valence-electron chi connectivity index (χ3n) is 6.36. The van der Waals surface area contributed by atoms with E-state index in [0.717, 1.165) is 37.2 Å². The molecule has 0 amide bonds. The van der Waals surface area contributed by atoms with E-state index in [-0.39, 0.29) is 0 Å². The summed E-state index contributed by atoms with van der Waals surface area (Å²) in [5.41, 5.74) is 5.09. The fraction of sp³-hybridized carbons (Fsp3) is 0.538. The van der Waals surface area contributed by atoms with E-state index < -0.39 is 0 Å². The SMILES string of the molecule is CCCCCCc1ccc(-c2ccc(C3CCC(CCC=O)CC3)cc2)nc1. The third kappa shape index (κ3) is 6.02. The molecule has 1 saturated carbocycles. The lowest BCUT2D eigenvalue weighted by Crippen LogP contribution is -2.13. The van der Waals surface area contributed by atoms with Gasteiger partial charge in [-0.05, 0) is 74.0 Å². The van der Waals surface area contributed by atoms with Gasteiger partial charge in [0.1, 0.15) is 6.29 Å². The molecule has 1 fully saturated rings. The summed E-state index contributed by atoms with van der Waals surface area (Å²) in [6, 6.07) is 13.5. The molecule has 1 aliphatic carbocycles. The summed E-state index contributed by atoms with van der Waals surface area (Å²) in [6.07, 6.45) is 16.3. The number of aldehydes is 1. The fourth-order valence-electron chi connectivity index (χ4n) is 4.51. The molecular formula is C26H35NO. The van der Waals surface area contributed by atoms with Crippen molar-refractivity contribution in [2.45, 2.75) is 83.5 Å². The molecule has 150 valence electrons. The Morgan fingerprint density at radius 1 is 0.964 bits per heavy atom. The number of carbonyl (C=O) groups is 1. The second kappa shape index (κ2) is 11.1. The second-order valence-electron chi connectivity index (χ2n) is 8.45. The minimum atomic E-state index is 0.681. The Morgan fingerprint density at radius 2 is 1.75 bits per heavy atom. The van der Waals surface area contributed by atoms with Crippen LogP contribution in [0.5, 0.6) is 0 Å². The predicted octanol–water partition coefficient (Wildman–Crippen LogP) is 7.12. The van der Waals surface area contributed by atoms with E-state index in [1.807, 2.05) is 0 Å². The predicted molar refractivity (Wildman–Crippen MR) is 118 cm³/mol. The van der Waals surface area contributed by atoms with Crippen molar-refractivity contribution in [2.75, 3.05) is 0 Å². The Hall–Kier alpha value is -1.96. The molecule has 0 unspecified atom stereocenters. The summed E-state index contributed by atoms with van der Waals surface area (Å²) in [5, 5.41) is 0. The molecule has 2 nitrogen and oxygen atoms in total. The van der Waals surface area contributed by atoms with Gasteiger partial charge in [0.2, 0.25) is 0 Å². The zero-order chi connectivity index (χ0) is 19.6. The summed E-state index contributed by atoms with van der Waals surface area (Å²) < 4.78 is 0. The van der Waals surface area contributed by atoms with Crippen molar-refractivity contribution < 1.29 is 4.79 Å². The molecule has 1 aromatic heterocycles. The molecule has 2 heteroatoms. The fourth-order valence-corrected chi connectivity index (χ4v) is 4.51. The van der Waals surface area contributed by atoms with E-state index in [9.17, 15) is 4.79 Å². The Balaban J connectivity index is 1.52. The molecule has 0 spiro atoms. The maximum atomic E-state index is 10.6.